The van der Waals surface area contributed by atoms with E-state index in [-0.39, 0.29) is 0 Å². The summed E-state index contributed by atoms with van der Waals surface area (Å²) in [4.78, 5) is 0. The molecule has 0 fully saturated rings. The van der Waals surface area contributed by atoms with Crippen molar-refractivity contribution in [2.24, 2.45) is 0 Å². The first-order chi connectivity index (χ1) is 10.8. The van der Waals surface area contributed by atoms with Crippen molar-refractivity contribution < 1.29 is 0 Å². The number of nitrogens with one attached hydrogen (secondary N) is 1. The van der Waals surface area contributed by atoms with Crippen LogP contribution in [0.3, 0.4) is 0 Å². The maximum atomic E-state index is 3.61. The third-order valence-corrected chi connectivity index (χ3v) is 4.17. The molecular weight excluding hydrogens is 266 g/mol. The quantitative estimate of drug-likeness (QED) is 0.643. The monoisotopic (exact) mass is 289 g/mol. The Morgan fingerprint density at radius 3 is 2.41 bits per heavy atom. The molecule has 0 aliphatic heterocycles. The van der Waals surface area contributed by atoms with E-state index in [1.807, 2.05) is 0 Å². The number of benzene rings is 3. The lowest BCUT2D eigenvalue weighted by Gasteiger charge is -2.15. The summed E-state index contributed by atoms with van der Waals surface area (Å²) in [5.74, 6) is 0.543. The van der Waals surface area contributed by atoms with E-state index in [0.717, 1.165) is 13.0 Å². The van der Waals surface area contributed by atoms with Crippen molar-refractivity contribution in [2.75, 3.05) is 11.9 Å². The van der Waals surface area contributed by atoms with E-state index in [1.165, 1.54) is 27.6 Å². The lowest BCUT2D eigenvalue weighted by molar-refractivity contribution is 0.864. The van der Waals surface area contributed by atoms with Crippen molar-refractivity contribution in [2.45, 2.75) is 26.2 Å². The molecule has 0 heterocycles. The van der Waals surface area contributed by atoms with E-state index in [0.29, 0.717) is 5.92 Å². The van der Waals surface area contributed by atoms with Crippen molar-refractivity contribution >= 4 is 16.5 Å². The highest BCUT2D eigenvalue weighted by Crippen LogP contribution is 2.24. The van der Waals surface area contributed by atoms with E-state index in [2.05, 4.69) is 85.9 Å². The van der Waals surface area contributed by atoms with Crippen LogP contribution in [-0.2, 0) is 6.42 Å². The van der Waals surface area contributed by atoms with Gasteiger partial charge in [0.05, 0.1) is 0 Å². The van der Waals surface area contributed by atoms with Crippen LogP contribution >= 0.6 is 0 Å². The summed E-state index contributed by atoms with van der Waals surface area (Å²) in [6.07, 6.45) is 1.04. The molecule has 0 aliphatic rings. The van der Waals surface area contributed by atoms with Gasteiger partial charge in [-0.25, -0.2) is 0 Å². The Labute approximate surface area is 133 Å². The first kappa shape index (κ1) is 14.6. The number of hydrogen-bond acceptors (Lipinski definition) is 1. The van der Waals surface area contributed by atoms with Crippen molar-refractivity contribution in [1.29, 1.82) is 0 Å². The minimum atomic E-state index is 0.543. The van der Waals surface area contributed by atoms with Gasteiger partial charge in [-0.3, -0.25) is 0 Å². The summed E-state index contributed by atoms with van der Waals surface area (Å²) >= 11 is 0. The molecule has 22 heavy (non-hydrogen) atoms. The fourth-order valence-electron chi connectivity index (χ4n) is 3.00. The van der Waals surface area contributed by atoms with Gasteiger partial charge in [-0.1, -0.05) is 74.5 Å². The number of para-hydroxylation sites is 1. The normalized spacial score (nSPS) is 11.0. The Hall–Kier alpha value is -2.28. The molecule has 3 rings (SSSR count). The van der Waals surface area contributed by atoms with Gasteiger partial charge >= 0.3 is 0 Å². The highest BCUT2D eigenvalue weighted by molar-refractivity contribution is 5.85. The van der Waals surface area contributed by atoms with Gasteiger partial charge in [0.25, 0.3) is 0 Å². The van der Waals surface area contributed by atoms with Gasteiger partial charge in [0, 0.05) is 12.2 Å². The largest absolute Gasteiger partial charge is 0.384 e. The first-order valence-corrected chi connectivity index (χ1v) is 8.05. The summed E-state index contributed by atoms with van der Waals surface area (Å²) in [5.41, 5.74) is 4.06. The highest BCUT2D eigenvalue weighted by Gasteiger charge is 2.05. The van der Waals surface area contributed by atoms with Crippen LogP contribution in [-0.4, -0.2) is 6.54 Å². The number of fused-ring (bicyclic) bond motifs is 1. The molecule has 1 nitrogen and oxygen atoms in total. The summed E-state index contributed by atoms with van der Waals surface area (Å²) < 4.78 is 0. The van der Waals surface area contributed by atoms with Crippen LogP contribution in [0.15, 0.2) is 66.7 Å². The maximum absolute atomic E-state index is 3.61. The van der Waals surface area contributed by atoms with Crippen molar-refractivity contribution in [3.8, 4) is 0 Å². The second-order valence-corrected chi connectivity index (χ2v) is 6.06. The topological polar surface area (TPSA) is 12.0 Å². The molecule has 0 aromatic heterocycles. The Bertz CT molecular complexity index is 753. The van der Waals surface area contributed by atoms with Crippen LogP contribution in [0.25, 0.3) is 10.8 Å². The summed E-state index contributed by atoms with van der Waals surface area (Å²) in [5, 5.41) is 6.29. The van der Waals surface area contributed by atoms with Crippen molar-refractivity contribution in [1.82, 2.24) is 0 Å². The van der Waals surface area contributed by atoms with Crippen LogP contribution in [0.5, 0.6) is 0 Å². The van der Waals surface area contributed by atoms with Crippen LogP contribution in [0.2, 0.25) is 0 Å². The Morgan fingerprint density at radius 2 is 1.55 bits per heavy atom. The maximum Gasteiger partial charge on any atom is 0.0375 e. The predicted octanol–water partition coefficient (Wildman–Crippen LogP) is 5.62. The van der Waals surface area contributed by atoms with Gasteiger partial charge in [0.1, 0.15) is 0 Å². The van der Waals surface area contributed by atoms with Crippen LogP contribution in [0.4, 0.5) is 5.69 Å². The molecular formula is C21H23N. The van der Waals surface area contributed by atoms with Gasteiger partial charge in [0.15, 0.2) is 0 Å². The highest BCUT2D eigenvalue weighted by atomic mass is 14.9. The lowest BCUT2D eigenvalue weighted by atomic mass is 10.0. The van der Waals surface area contributed by atoms with Gasteiger partial charge in [-0.15, -0.1) is 0 Å². The molecule has 0 bridgehead atoms. The third-order valence-electron chi connectivity index (χ3n) is 4.17. The smallest absolute Gasteiger partial charge is 0.0375 e. The summed E-state index contributed by atoms with van der Waals surface area (Å²) in [6.45, 7) is 5.44. The zero-order chi connectivity index (χ0) is 15.4. The summed E-state index contributed by atoms with van der Waals surface area (Å²) in [6, 6.07) is 23.8. The second kappa shape index (κ2) is 6.65. The van der Waals surface area contributed by atoms with E-state index in [9.17, 15) is 0 Å². The number of rotatable bonds is 5. The van der Waals surface area contributed by atoms with Crippen molar-refractivity contribution in [3.05, 3.63) is 77.9 Å². The van der Waals surface area contributed by atoms with Crippen LogP contribution < -0.4 is 5.32 Å². The zero-order valence-electron chi connectivity index (χ0n) is 13.3. The van der Waals surface area contributed by atoms with Crippen LogP contribution in [0, 0.1) is 0 Å². The standard InChI is InChI=1S/C21H23N/c1-16(2)19-11-5-6-13-21(19)22-15-14-18-10-7-9-17-8-3-4-12-20(17)18/h3-13,16,22H,14-15H2,1-2H3. The Morgan fingerprint density at radius 1 is 0.818 bits per heavy atom. The molecule has 0 amide bonds. The molecule has 3 aromatic carbocycles. The molecule has 3 aromatic rings. The molecule has 0 saturated carbocycles. The average molecular weight is 289 g/mol. The lowest BCUT2D eigenvalue weighted by Crippen LogP contribution is -2.07. The SMILES string of the molecule is CC(C)c1ccccc1NCCc1cccc2ccccc12. The number of hydrogen-bond donors (Lipinski definition) is 1. The molecule has 1 N–H and O–H groups in total. The predicted molar refractivity (Wildman–Crippen MR) is 96.7 cm³/mol. The number of anilines is 1. The second-order valence-electron chi connectivity index (χ2n) is 6.06. The Balaban J connectivity index is 1.73. The molecule has 112 valence electrons. The molecule has 0 atom stereocenters. The Kier molecular flexibility index (Phi) is 4.43. The first-order valence-electron chi connectivity index (χ1n) is 8.05. The fraction of sp³-hybridized carbons (Fsp3) is 0.238. The average Bonchev–Trinajstić information content (AvgIpc) is 2.55. The molecule has 0 spiro atoms. The minimum absolute atomic E-state index is 0.543. The minimum Gasteiger partial charge on any atom is -0.384 e. The zero-order valence-corrected chi connectivity index (χ0v) is 13.3. The molecule has 0 unspecified atom stereocenters. The van der Waals surface area contributed by atoms with Gasteiger partial charge in [-0.05, 0) is 40.3 Å². The fourth-order valence-corrected chi connectivity index (χ4v) is 3.00. The summed E-state index contributed by atoms with van der Waals surface area (Å²) in [7, 11) is 0. The van der Waals surface area contributed by atoms with E-state index < -0.39 is 0 Å². The van der Waals surface area contributed by atoms with Crippen molar-refractivity contribution in [3.63, 3.8) is 0 Å². The third kappa shape index (κ3) is 3.14. The molecule has 0 radical (unpaired) electrons. The van der Waals surface area contributed by atoms with Gasteiger partial charge in [0.2, 0.25) is 0 Å². The van der Waals surface area contributed by atoms with E-state index >= 15 is 0 Å². The van der Waals surface area contributed by atoms with E-state index in [1.54, 1.807) is 0 Å². The van der Waals surface area contributed by atoms with Gasteiger partial charge < -0.3 is 5.32 Å². The molecule has 1 heteroatoms. The van der Waals surface area contributed by atoms with Gasteiger partial charge in [-0.2, -0.15) is 0 Å². The van der Waals surface area contributed by atoms with Crippen LogP contribution in [0.1, 0.15) is 30.9 Å². The molecule has 0 saturated heterocycles. The van der Waals surface area contributed by atoms with E-state index in [4.69, 9.17) is 0 Å². The molecule has 0 aliphatic carbocycles.